The number of benzene rings is 4. The van der Waals surface area contributed by atoms with Crippen LogP contribution in [0.25, 0.3) is 6.08 Å². The van der Waals surface area contributed by atoms with E-state index >= 15 is 0 Å². The highest BCUT2D eigenvalue weighted by atomic mass is 32.2. The number of hydrogen-bond acceptors (Lipinski definition) is 8. The number of rotatable bonds is 12. The summed E-state index contributed by atoms with van der Waals surface area (Å²) in [6.45, 7) is 3.99. The van der Waals surface area contributed by atoms with Gasteiger partial charge in [0.15, 0.2) is 0 Å². The second-order valence-corrected chi connectivity index (χ2v) is 14.8. The Morgan fingerprint density at radius 1 is 0.925 bits per heavy atom. The van der Waals surface area contributed by atoms with Gasteiger partial charge in [0.25, 0.3) is 11.8 Å². The van der Waals surface area contributed by atoms with Crippen molar-refractivity contribution in [3.63, 3.8) is 0 Å². The first-order valence-corrected chi connectivity index (χ1v) is 18.6. The first-order valence-electron chi connectivity index (χ1n) is 16.9. The smallest absolute Gasteiger partial charge is 0.341 e. The van der Waals surface area contributed by atoms with E-state index in [2.05, 4.69) is 33.0 Å². The van der Waals surface area contributed by atoms with E-state index < -0.39 is 28.9 Å². The number of halogens is 1. The predicted molar refractivity (Wildman–Crippen MR) is 207 cm³/mol. The van der Waals surface area contributed by atoms with Crippen LogP contribution in [0.3, 0.4) is 0 Å². The molecule has 9 nitrogen and oxygen atoms in total. The van der Waals surface area contributed by atoms with E-state index in [9.17, 15) is 23.6 Å². The number of carbonyl (C=O) groups is 4. The van der Waals surface area contributed by atoms with Gasteiger partial charge in [-0.2, -0.15) is 0 Å². The Labute approximate surface area is 315 Å². The molecule has 3 amide bonds. The molecular formula is C41H37FN4O5S2. The number of carbonyl (C=O) groups excluding carboxylic acids is 4. The molecule has 4 aromatic carbocycles. The van der Waals surface area contributed by atoms with Crippen molar-refractivity contribution in [2.45, 2.75) is 36.6 Å². The Morgan fingerprint density at radius 3 is 2.36 bits per heavy atom. The van der Waals surface area contributed by atoms with Crippen molar-refractivity contribution in [1.29, 1.82) is 0 Å². The molecule has 1 atom stereocenters. The molecule has 12 heteroatoms. The van der Waals surface area contributed by atoms with Crippen molar-refractivity contribution in [2.24, 2.45) is 0 Å². The number of ether oxygens (including phenoxy) is 1. The van der Waals surface area contributed by atoms with E-state index in [-0.39, 0.29) is 11.6 Å². The van der Waals surface area contributed by atoms with Crippen molar-refractivity contribution in [2.75, 3.05) is 24.3 Å². The number of anilines is 2. The number of thiophene rings is 1. The average Bonchev–Trinajstić information content (AvgIpc) is 3.52. The molecular weight excluding hydrogens is 712 g/mol. The molecule has 5 aromatic rings. The molecule has 1 aromatic heterocycles. The molecule has 6 rings (SSSR count). The van der Waals surface area contributed by atoms with E-state index in [0.717, 1.165) is 23.5 Å². The second kappa shape index (κ2) is 17.3. The maximum atomic E-state index is 13.6. The second-order valence-electron chi connectivity index (χ2n) is 12.3. The predicted octanol–water partition coefficient (Wildman–Crippen LogP) is 7.76. The lowest BCUT2D eigenvalue weighted by atomic mass is 10.0. The molecule has 1 aliphatic heterocycles. The maximum Gasteiger partial charge on any atom is 0.341 e. The summed E-state index contributed by atoms with van der Waals surface area (Å²) >= 11 is 2.69. The Morgan fingerprint density at radius 2 is 1.64 bits per heavy atom. The summed E-state index contributed by atoms with van der Waals surface area (Å²) in [7, 11) is 1.34. The molecule has 0 aliphatic carbocycles. The Kier molecular flexibility index (Phi) is 12.1. The number of amides is 3. The highest BCUT2D eigenvalue weighted by molar-refractivity contribution is 8.00. The standard InChI is InChI=1S/C41H37FN4O5S2/c1-26(37(47)45-40-36(41(50)51-2)33-20-21-46(25-35(33)53-40)24-28-10-5-3-6-11-28)52-32-15-9-14-31(23-32)43-39(49)34(22-27-16-18-30(42)19-17-27)44-38(48)29-12-7-4-8-13-29/h3-19,22-23,26H,20-21,24-25H2,1-2H3,(H,43,49)(H,44,48)(H,45,47)/b34-22+. The average molecular weight is 749 g/mol. The molecule has 0 saturated heterocycles. The van der Waals surface area contributed by atoms with Crippen molar-refractivity contribution >= 4 is 63.6 Å². The van der Waals surface area contributed by atoms with Crippen LogP contribution in [0.1, 0.15) is 49.2 Å². The molecule has 0 radical (unpaired) electrons. The zero-order valence-electron chi connectivity index (χ0n) is 29.1. The van der Waals surface area contributed by atoms with Crippen LogP contribution in [0.4, 0.5) is 15.1 Å². The quantitative estimate of drug-likeness (QED) is 0.0679. The van der Waals surface area contributed by atoms with Gasteiger partial charge in [0.05, 0.1) is 17.9 Å². The summed E-state index contributed by atoms with van der Waals surface area (Å²) in [5.41, 5.74) is 3.80. The summed E-state index contributed by atoms with van der Waals surface area (Å²) in [6.07, 6.45) is 2.13. The fourth-order valence-electron chi connectivity index (χ4n) is 5.82. The first kappa shape index (κ1) is 37.2. The van der Waals surface area contributed by atoms with Gasteiger partial charge in [0.1, 0.15) is 16.5 Å². The van der Waals surface area contributed by atoms with E-state index in [1.165, 1.54) is 66.1 Å². The van der Waals surface area contributed by atoms with Crippen LogP contribution < -0.4 is 16.0 Å². The van der Waals surface area contributed by atoms with Gasteiger partial charge < -0.3 is 20.7 Å². The van der Waals surface area contributed by atoms with Gasteiger partial charge in [-0.3, -0.25) is 19.3 Å². The number of fused-ring (bicyclic) bond motifs is 1. The van der Waals surface area contributed by atoms with E-state index in [4.69, 9.17) is 4.74 Å². The third-order valence-corrected chi connectivity index (χ3v) is 10.7. The lowest BCUT2D eigenvalue weighted by Crippen LogP contribution is -2.30. The zero-order chi connectivity index (χ0) is 37.3. The van der Waals surface area contributed by atoms with Gasteiger partial charge >= 0.3 is 5.97 Å². The van der Waals surface area contributed by atoms with Gasteiger partial charge in [-0.15, -0.1) is 23.1 Å². The highest BCUT2D eigenvalue weighted by Crippen LogP contribution is 2.38. The van der Waals surface area contributed by atoms with E-state index in [1.807, 2.05) is 24.3 Å². The van der Waals surface area contributed by atoms with Crippen molar-refractivity contribution in [3.8, 4) is 0 Å². The SMILES string of the molecule is COC(=O)c1c(NC(=O)C(C)Sc2cccc(NC(=O)/C(=C\c3ccc(F)cc3)NC(=O)c3ccccc3)c2)sc2c1CCN(Cc1ccccc1)C2. The number of nitrogens with one attached hydrogen (secondary N) is 3. The van der Waals surface area contributed by atoms with Crippen LogP contribution in [0.2, 0.25) is 0 Å². The first-order chi connectivity index (χ1) is 25.7. The third kappa shape index (κ3) is 9.66. The van der Waals surface area contributed by atoms with Crippen LogP contribution in [0.5, 0.6) is 0 Å². The molecule has 270 valence electrons. The largest absolute Gasteiger partial charge is 0.465 e. The van der Waals surface area contributed by atoms with Gasteiger partial charge in [-0.05, 0) is 78.6 Å². The zero-order valence-corrected chi connectivity index (χ0v) is 30.7. The Bertz CT molecular complexity index is 2140. The Hall–Kier alpha value is -5.56. The van der Waals surface area contributed by atoms with Crippen molar-refractivity contribution < 1.29 is 28.3 Å². The molecule has 3 N–H and O–H groups in total. The summed E-state index contributed by atoms with van der Waals surface area (Å²) < 4.78 is 18.7. The molecule has 0 bridgehead atoms. The van der Waals surface area contributed by atoms with Crippen LogP contribution in [0.15, 0.2) is 120 Å². The number of thioether (sulfide) groups is 1. The third-order valence-electron chi connectivity index (χ3n) is 8.49. The normalized spacial score (nSPS) is 13.4. The van der Waals surface area contributed by atoms with Gasteiger partial charge in [0, 0.05) is 40.7 Å². The minimum Gasteiger partial charge on any atom is -0.465 e. The van der Waals surface area contributed by atoms with Crippen molar-refractivity contribution in [3.05, 3.63) is 153 Å². The van der Waals surface area contributed by atoms with Gasteiger partial charge in [-0.1, -0.05) is 66.7 Å². The minimum absolute atomic E-state index is 0.0421. The summed E-state index contributed by atoms with van der Waals surface area (Å²) in [4.78, 5) is 57.0. The number of esters is 1. The summed E-state index contributed by atoms with van der Waals surface area (Å²) in [5.74, 6) is -2.27. The van der Waals surface area contributed by atoms with Gasteiger partial charge in [0.2, 0.25) is 5.91 Å². The van der Waals surface area contributed by atoms with E-state index in [1.54, 1.807) is 55.5 Å². The Balaban J connectivity index is 1.13. The van der Waals surface area contributed by atoms with Crippen LogP contribution in [-0.2, 0) is 33.8 Å². The fourth-order valence-corrected chi connectivity index (χ4v) is 8.03. The fraction of sp³-hybridized carbons (Fsp3) is 0.171. The molecule has 1 unspecified atom stereocenters. The monoisotopic (exact) mass is 748 g/mol. The molecule has 0 fully saturated rings. The maximum absolute atomic E-state index is 13.6. The molecule has 53 heavy (non-hydrogen) atoms. The lowest BCUT2D eigenvalue weighted by Gasteiger charge is -2.27. The van der Waals surface area contributed by atoms with Crippen LogP contribution in [0, 0.1) is 5.82 Å². The summed E-state index contributed by atoms with van der Waals surface area (Å²) in [5, 5.41) is 8.38. The van der Waals surface area contributed by atoms with Crippen molar-refractivity contribution in [1.82, 2.24) is 10.2 Å². The molecule has 0 spiro atoms. The highest BCUT2D eigenvalue weighted by Gasteiger charge is 2.30. The molecule has 0 saturated carbocycles. The van der Waals surface area contributed by atoms with E-state index in [0.29, 0.717) is 45.2 Å². The number of methoxy groups -OCH3 is 1. The van der Waals surface area contributed by atoms with Crippen LogP contribution >= 0.6 is 23.1 Å². The summed E-state index contributed by atoms with van der Waals surface area (Å²) in [6, 6.07) is 31.2. The number of hydrogen-bond donors (Lipinski definition) is 3. The topological polar surface area (TPSA) is 117 Å². The molecule has 2 heterocycles. The molecule has 1 aliphatic rings. The number of nitrogens with zero attached hydrogens (tertiary/aromatic N) is 1. The minimum atomic E-state index is -0.592. The van der Waals surface area contributed by atoms with Crippen LogP contribution in [-0.4, -0.2) is 47.5 Å². The lowest BCUT2D eigenvalue weighted by molar-refractivity contribution is -0.115. The van der Waals surface area contributed by atoms with Gasteiger partial charge in [-0.25, -0.2) is 9.18 Å².